The second kappa shape index (κ2) is 6.50. The largest absolute Gasteiger partial charge is 0.207 e. The van der Waals surface area contributed by atoms with E-state index in [0.29, 0.717) is 17.0 Å². The molecule has 0 nitrogen and oxygen atoms in total. The molecular weight excluding hydrogens is 448 g/mol. The summed E-state index contributed by atoms with van der Waals surface area (Å²) in [4.78, 5) is -0.116. The minimum atomic E-state index is -0.325. The fourth-order valence-electron chi connectivity index (χ4n) is 1.77. The molecule has 0 aliphatic heterocycles. The highest BCUT2D eigenvalue weighted by Crippen LogP contribution is 2.33. The van der Waals surface area contributed by atoms with E-state index in [2.05, 4.69) is 38.5 Å². The number of hydrogen-bond donors (Lipinski definition) is 0. The number of hydrogen-bond acceptors (Lipinski definition) is 0. The van der Waals surface area contributed by atoms with Gasteiger partial charge in [-0.05, 0) is 58.8 Å². The second-order valence-electron chi connectivity index (χ2n) is 4.04. The van der Waals surface area contributed by atoms with Crippen molar-refractivity contribution < 1.29 is 8.78 Å². The van der Waals surface area contributed by atoms with Crippen LogP contribution in [0.25, 0.3) is 0 Å². The van der Waals surface area contributed by atoms with Gasteiger partial charge in [-0.2, -0.15) is 0 Å². The SMILES string of the molecule is Fc1ccc(C(Br)Cc2c(F)cccc2Cl)c(I)c1. The lowest BCUT2D eigenvalue weighted by Gasteiger charge is -2.14. The first kappa shape index (κ1) is 15.2. The Kier molecular flexibility index (Phi) is 5.20. The van der Waals surface area contributed by atoms with Crippen LogP contribution in [0.1, 0.15) is 16.0 Å². The van der Waals surface area contributed by atoms with Crippen molar-refractivity contribution in [3.8, 4) is 0 Å². The summed E-state index contributed by atoms with van der Waals surface area (Å²) in [5, 5.41) is 0.404. The zero-order chi connectivity index (χ0) is 14.0. The summed E-state index contributed by atoms with van der Waals surface area (Å²) in [6.45, 7) is 0. The van der Waals surface area contributed by atoms with Crippen LogP contribution >= 0.6 is 50.1 Å². The van der Waals surface area contributed by atoms with Crippen LogP contribution < -0.4 is 0 Å². The van der Waals surface area contributed by atoms with Crippen molar-refractivity contribution in [2.24, 2.45) is 0 Å². The second-order valence-corrected chi connectivity index (χ2v) is 6.71. The van der Waals surface area contributed by atoms with Gasteiger partial charge in [-0.1, -0.05) is 39.7 Å². The number of alkyl halides is 1. The van der Waals surface area contributed by atoms with Gasteiger partial charge < -0.3 is 0 Å². The van der Waals surface area contributed by atoms with E-state index >= 15 is 0 Å². The summed E-state index contributed by atoms with van der Waals surface area (Å²) < 4.78 is 27.6. The van der Waals surface area contributed by atoms with E-state index in [1.165, 1.54) is 18.2 Å². The maximum absolute atomic E-state index is 13.7. The smallest absolute Gasteiger partial charge is 0.127 e. The molecule has 0 radical (unpaired) electrons. The summed E-state index contributed by atoms with van der Waals surface area (Å²) in [6, 6.07) is 9.17. The van der Waals surface area contributed by atoms with Crippen LogP contribution in [0, 0.1) is 15.2 Å². The van der Waals surface area contributed by atoms with E-state index in [1.54, 1.807) is 18.2 Å². The Morgan fingerprint density at radius 3 is 2.58 bits per heavy atom. The molecule has 0 N–H and O–H groups in total. The third kappa shape index (κ3) is 3.67. The third-order valence-corrected chi connectivity index (χ3v) is 4.85. The van der Waals surface area contributed by atoms with Gasteiger partial charge in [0.25, 0.3) is 0 Å². The first-order chi connectivity index (χ1) is 8.99. The fraction of sp³-hybridized carbons (Fsp3) is 0.143. The van der Waals surface area contributed by atoms with E-state index in [-0.39, 0.29) is 16.5 Å². The molecule has 0 amide bonds. The fourth-order valence-corrected chi connectivity index (χ4v) is 4.02. The van der Waals surface area contributed by atoms with E-state index in [0.717, 1.165) is 9.13 Å². The lowest BCUT2D eigenvalue weighted by atomic mass is 10.0. The van der Waals surface area contributed by atoms with Crippen molar-refractivity contribution in [2.45, 2.75) is 11.2 Å². The normalized spacial score (nSPS) is 12.5. The first-order valence-electron chi connectivity index (χ1n) is 5.51. The Morgan fingerprint density at radius 2 is 1.95 bits per heavy atom. The molecule has 2 aromatic carbocycles. The van der Waals surface area contributed by atoms with Crippen LogP contribution in [0.3, 0.4) is 0 Å². The van der Waals surface area contributed by atoms with Crippen molar-refractivity contribution in [3.05, 3.63) is 67.8 Å². The highest BCUT2D eigenvalue weighted by atomic mass is 127. The molecule has 0 saturated carbocycles. The standard InChI is InChI=1S/C14H9BrClF2I/c15-11(9-5-4-8(17)6-14(9)19)7-10-12(16)2-1-3-13(10)18/h1-6,11H,7H2. The molecule has 1 unspecified atom stereocenters. The van der Waals surface area contributed by atoms with Crippen LogP contribution in [-0.2, 0) is 6.42 Å². The summed E-state index contributed by atoms with van der Waals surface area (Å²) in [5.41, 5.74) is 1.38. The van der Waals surface area contributed by atoms with Gasteiger partial charge in [0.15, 0.2) is 0 Å². The van der Waals surface area contributed by atoms with Gasteiger partial charge in [0.05, 0.1) is 0 Å². The van der Waals surface area contributed by atoms with E-state index in [1.807, 2.05) is 0 Å². The lowest BCUT2D eigenvalue weighted by Crippen LogP contribution is -2.01. The number of benzene rings is 2. The summed E-state index contributed by atoms with van der Waals surface area (Å²) >= 11 is 11.6. The predicted octanol–water partition coefficient (Wildman–Crippen LogP) is 5.90. The Bertz CT molecular complexity index is 584. The monoisotopic (exact) mass is 456 g/mol. The van der Waals surface area contributed by atoms with Crippen LogP contribution in [0.5, 0.6) is 0 Å². The topological polar surface area (TPSA) is 0 Å². The minimum absolute atomic E-state index is 0.116. The molecule has 0 bridgehead atoms. The van der Waals surface area contributed by atoms with Crippen molar-refractivity contribution in [2.75, 3.05) is 0 Å². The highest BCUT2D eigenvalue weighted by Gasteiger charge is 2.16. The van der Waals surface area contributed by atoms with Gasteiger partial charge >= 0.3 is 0 Å². The molecule has 0 fully saturated rings. The Hall–Kier alpha value is -0.200. The zero-order valence-electron chi connectivity index (χ0n) is 9.64. The molecule has 19 heavy (non-hydrogen) atoms. The average molecular weight is 457 g/mol. The molecule has 2 aromatic rings. The van der Waals surface area contributed by atoms with Gasteiger partial charge in [0, 0.05) is 19.0 Å². The van der Waals surface area contributed by atoms with Gasteiger partial charge in [0.2, 0.25) is 0 Å². The van der Waals surface area contributed by atoms with Crippen molar-refractivity contribution in [1.82, 2.24) is 0 Å². The molecule has 5 heteroatoms. The van der Waals surface area contributed by atoms with E-state index in [9.17, 15) is 8.78 Å². The molecule has 0 heterocycles. The number of halogens is 5. The summed E-state index contributed by atoms with van der Waals surface area (Å²) in [6.07, 6.45) is 0.410. The maximum Gasteiger partial charge on any atom is 0.127 e. The van der Waals surface area contributed by atoms with Crippen molar-refractivity contribution in [3.63, 3.8) is 0 Å². The van der Waals surface area contributed by atoms with Crippen molar-refractivity contribution >= 4 is 50.1 Å². The molecule has 0 aliphatic rings. The lowest BCUT2D eigenvalue weighted by molar-refractivity contribution is 0.607. The van der Waals surface area contributed by atoms with Crippen LogP contribution in [0.2, 0.25) is 5.02 Å². The predicted molar refractivity (Wildman–Crippen MR) is 85.9 cm³/mol. The quantitative estimate of drug-likeness (QED) is 0.398. The summed E-state index contributed by atoms with van der Waals surface area (Å²) in [5.74, 6) is -0.606. The summed E-state index contributed by atoms with van der Waals surface area (Å²) in [7, 11) is 0. The van der Waals surface area contributed by atoms with Gasteiger partial charge in [0.1, 0.15) is 11.6 Å². The number of rotatable bonds is 3. The Labute approximate surface area is 137 Å². The molecule has 0 saturated heterocycles. The molecule has 0 aliphatic carbocycles. The van der Waals surface area contributed by atoms with Crippen LogP contribution in [0.15, 0.2) is 36.4 Å². The molecule has 100 valence electrons. The van der Waals surface area contributed by atoms with Crippen molar-refractivity contribution in [1.29, 1.82) is 0 Å². The average Bonchev–Trinajstić information content (AvgIpc) is 2.33. The maximum atomic E-state index is 13.7. The van der Waals surface area contributed by atoms with Gasteiger partial charge in [-0.3, -0.25) is 0 Å². The molecular formula is C14H9BrClF2I. The van der Waals surface area contributed by atoms with Gasteiger partial charge in [-0.25, -0.2) is 8.78 Å². The minimum Gasteiger partial charge on any atom is -0.207 e. The molecule has 0 spiro atoms. The Balaban J connectivity index is 2.28. The zero-order valence-corrected chi connectivity index (χ0v) is 14.1. The van der Waals surface area contributed by atoms with Crippen LogP contribution in [0.4, 0.5) is 8.78 Å². The van der Waals surface area contributed by atoms with E-state index < -0.39 is 0 Å². The first-order valence-corrected chi connectivity index (χ1v) is 7.88. The molecule has 2 rings (SSSR count). The highest BCUT2D eigenvalue weighted by molar-refractivity contribution is 14.1. The molecule has 1 atom stereocenters. The Morgan fingerprint density at radius 1 is 1.21 bits per heavy atom. The van der Waals surface area contributed by atoms with Gasteiger partial charge in [-0.15, -0.1) is 0 Å². The van der Waals surface area contributed by atoms with Crippen LogP contribution in [-0.4, -0.2) is 0 Å². The molecule has 0 aromatic heterocycles. The van der Waals surface area contributed by atoms with E-state index in [4.69, 9.17) is 11.6 Å². The third-order valence-electron chi connectivity index (χ3n) is 2.74.